The van der Waals surface area contributed by atoms with Gasteiger partial charge in [-0.3, -0.25) is 0 Å². The van der Waals surface area contributed by atoms with Gasteiger partial charge in [-0.15, -0.1) is 24.0 Å². The second kappa shape index (κ2) is 13.5. The molecule has 9 heteroatoms. The molecule has 7 nitrogen and oxygen atoms in total. The van der Waals surface area contributed by atoms with Crippen LogP contribution in [0.15, 0.2) is 53.5 Å². The Morgan fingerprint density at radius 1 is 1.00 bits per heavy atom. The predicted molar refractivity (Wildman–Crippen MR) is 133 cm³/mol. The highest BCUT2D eigenvalue weighted by atomic mass is 127. The number of hydrogen-bond donors (Lipinski definition) is 3. The second-order valence-electron chi connectivity index (χ2n) is 6.37. The number of aliphatic imine (C=N–C) groups is 1. The molecule has 2 aromatic carbocycles. The lowest BCUT2D eigenvalue weighted by Crippen LogP contribution is -2.36. The third-order valence-corrected chi connectivity index (χ3v) is 5.51. The number of hydrogen-bond acceptors (Lipinski definition) is 4. The van der Waals surface area contributed by atoms with Crippen molar-refractivity contribution < 1.29 is 13.2 Å². The van der Waals surface area contributed by atoms with Crippen molar-refractivity contribution in [2.45, 2.75) is 32.7 Å². The van der Waals surface area contributed by atoms with Gasteiger partial charge in [-0.05, 0) is 38.1 Å². The molecule has 0 atom stereocenters. The topological polar surface area (TPSA) is 91.8 Å². The van der Waals surface area contributed by atoms with Gasteiger partial charge >= 0.3 is 0 Å². The Balaban J connectivity index is 0.00000450. The first-order valence-electron chi connectivity index (χ1n) is 9.69. The van der Waals surface area contributed by atoms with Crippen LogP contribution in [0.1, 0.15) is 30.5 Å². The van der Waals surface area contributed by atoms with Crippen LogP contribution in [0.2, 0.25) is 0 Å². The third kappa shape index (κ3) is 8.88. The van der Waals surface area contributed by atoms with Crippen LogP contribution in [0.25, 0.3) is 0 Å². The fourth-order valence-electron chi connectivity index (χ4n) is 2.67. The summed E-state index contributed by atoms with van der Waals surface area (Å²) >= 11 is 0. The van der Waals surface area contributed by atoms with Gasteiger partial charge in [0.25, 0.3) is 0 Å². The van der Waals surface area contributed by atoms with Crippen LogP contribution < -0.4 is 20.1 Å². The second-order valence-corrected chi connectivity index (χ2v) is 8.30. The molecule has 0 aliphatic heterocycles. The molecule has 0 saturated heterocycles. The van der Waals surface area contributed by atoms with E-state index in [1.807, 2.05) is 62.4 Å². The fourth-order valence-corrected chi connectivity index (χ4v) is 3.45. The van der Waals surface area contributed by atoms with Crippen LogP contribution in [0, 0.1) is 0 Å². The highest BCUT2D eigenvalue weighted by molar-refractivity contribution is 14.0. The van der Waals surface area contributed by atoms with E-state index in [0.29, 0.717) is 25.7 Å². The zero-order chi connectivity index (χ0) is 21.1. The summed E-state index contributed by atoms with van der Waals surface area (Å²) < 4.78 is 31.3. The van der Waals surface area contributed by atoms with Gasteiger partial charge in [0.2, 0.25) is 10.0 Å². The maximum absolute atomic E-state index is 11.6. The molecule has 0 aliphatic rings. The minimum Gasteiger partial charge on any atom is -0.494 e. The lowest BCUT2D eigenvalue weighted by Gasteiger charge is -2.14. The number of nitrogens with one attached hydrogen (secondary N) is 3. The monoisotopic (exact) mass is 546 g/mol. The lowest BCUT2D eigenvalue weighted by molar-refractivity contribution is 0.336. The molecule has 0 spiro atoms. The molecule has 30 heavy (non-hydrogen) atoms. The molecule has 0 aliphatic carbocycles. The van der Waals surface area contributed by atoms with E-state index in [-0.39, 0.29) is 29.7 Å². The molecule has 0 saturated carbocycles. The molecular formula is C21H31IN4O3S. The number of rotatable bonds is 10. The predicted octanol–water partition coefficient (Wildman–Crippen LogP) is 3.01. The van der Waals surface area contributed by atoms with Gasteiger partial charge in [-0.2, -0.15) is 0 Å². The van der Waals surface area contributed by atoms with Gasteiger partial charge in [0.1, 0.15) is 5.75 Å². The molecule has 0 aromatic heterocycles. The van der Waals surface area contributed by atoms with Crippen LogP contribution in [0.5, 0.6) is 5.75 Å². The number of ether oxygens (including phenoxy) is 1. The third-order valence-electron chi connectivity index (χ3n) is 4.17. The van der Waals surface area contributed by atoms with Gasteiger partial charge in [-0.25, -0.2) is 18.1 Å². The molecule has 0 heterocycles. The summed E-state index contributed by atoms with van der Waals surface area (Å²) in [5.74, 6) is 1.54. The van der Waals surface area contributed by atoms with Gasteiger partial charge in [0, 0.05) is 18.7 Å². The summed E-state index contributed by atoms with van der Waals surface area (Å²) in [5.41, 5.74) is 2.81. The summed E-state index contributed by atoms with van der Waals surface area (Å²) in [6, 6.07) is 15.4. The van der Waals surface area contributed by atoms with Crippen LogP contribution in [-0.4, -0.2) is 34.6 Å². The van der Waals surface area contributed by atoms with Crippen LogP contribution in [0.3, 0.4) is 0 Å². The number of para-hydroxylation sites is 1. The Morgan fingerprint density at radius 3 is 2.30 bits per heavy atom. The molecule has 2 rings (SSSR count). The van der Waals surface area contributed by atoms with Crippen LogP contribution in [-0.2, 0) is 28.9 Å². The normalized spacial score (nSPS) is 11.5. The largest absolute Gasteiger partial charge is 0.494 e. The first-order chi connectivity index (χ1) is 14.0. The highest BCUT2D eigenvalue weighted by Crippen LogP contribution is 2.17. The summed E-state index contributed by atoms with van der Waals surface area (Å²) in [4.78, 5) is 4.62. The van der Waals surface area contributed by atoms with Crippen molar-refractivity contribution in [3.05, 3.63) is 65.2 Å². The number of sulfonamides is 1. The smallest absolute Gasteiger partial charge is 0.215 e. The van der Waals surface area contributed by atoms with E-state index in [0.717, 1.165) is 29.0 Å². The Kier molecular flexibility index (Phi) is 11.7. The molecule has 0 fully saturated rings. The van der Waals surface area contributed by atoms with Gasteiger partial charge in [-0.1, -0.05) is 42.5 Å². The van der Waals surface area contributed by atoms with Gasteiger partial charge in [0.05, 0.1) is 18.9 Å². The van der Waals surface area contributed by atoms with Crippen molar-refractivity contribution in [1.29, 1.82) is 0 Å². The first kappa shape index (κ1) is 26.2. The summed E-state index contributed by atoms with van der Waals surface area (Å²) in [5, 5.41) is 6.56. The number of benzene rings is 2. The highest BCUT2D eigenvalue weighted by Gasteiger charge is 2.08. The van der Waals surface area contributed by atoms with Crippen molar-refractivity contribution in [3.63, 3.8) is 0 Å². The van der Waals surface area contributed by atoms with Gasteiger partial charge < -0.3 is 15.4 Å². The standard InChI is InChI=1S/C21H30N4O3S.HI/c1-4-23-21(25-15-19-8-6-7-9-20(19)28-5-2)24-14-17-10-12-18(13-11-17)16-29(26,27)22-3;/h6-13,22H,4-5,14-16H2,1-3H3,(H2,23,24,25);1H. The summed E-state index contributed by atoms with van der Waals surface area (Å²) in [7, 11) is -1.85. The number of halogens is 1. The lowest BCUT2D eigenvalue weighted by atomic mass is 10.1. The van der Waals surface area contributed by atoms with Crippen LogP contribution >= 0.6 is 24.0 Å². The van der Waals surface area contributed by atoms with E-state index in [1.54, 1.807) is 0 Å². The molecule has 166 valence electrons. The SMILES string of the molecule is CCNC(=NCc1ccc(CS(=O)(=O)NC)cc1)NCc1ccccc1OCC.I. The Labute approximate surface area is 196 Å². The van der Waals surface area contributed by atoms with E-state index in [9.17, 15) is 8.42 Å². The van der Waals surface area contributed by atoms with E-state index >= 15 is 0 Å². The van der Waals surface area contributed by atoms with E-state index in [1.165, 1.54) is 7.05 Å². The van der Waals surface area contributed by atoms with E-state index in [4.69, 9.17) is 4.74 Å². The molecule has 0 radical (unpaired) electrons. The van der Waals surface area contributed by atoms with Crippen molar-refractivity contribution in [1.82, 2.24) is 15.4 Å². The quantitative estimate of drug-likeness (QED) is 0.242. The fraction of sp³-hybridized carbons (Fsp3) is 0.381. The Hall–Kier alpha value is -1.85. The minimum absolute atomic E-state index is 0. The van der Waals surface area contributed by atoms with Crippen molar-refractivity contribution in [2.24, 2.45) is 4.99 Å². The molecule has 0 bridgehead atoms. The number of nitrogens with zero attached hydrogens (tertiary/aromatic N) is 1. The molecule has 2 aromatic rings. The summed E-state index contributed by atoms with van der Waals surface area (Å²) in [6.07, 6.45) is 0. The Bertz CT molecular complexity index is 903. The molecule has 0 unspecified atom stereocenters. The zero-order valence-electron chi connectivity index (χ0n) is 17.6. The Morgan fingerprint density at radius 2 is 1.67 bits per heavy atom. The van der Waals surface area contributed by atoms with Crippen LogP contribution in [0.4, 0.5) is 0 Å². The van der Waals surface area contributed by atoms with E-state index < -0.39 is 10.0 Å². The van der Waals surface area contributed by atoms with Crippen molar-refractivity contribution >= 4 is 40.0 Å². The molecule has 3 N–H and O–H groups in total. The average molecular weight is 546 g/mol. The first-order valence-corrected chi connectivity index (χ1v) is 11.3. The molecule has 0 amide bonds. The maximum atomic E-state index is 11.6. The minimum atomic E-state index is -3.27. The van der Waals surface area contributed by atoms with Crippen molar-refractivity contribution in [2.75, 3.05) is 20.2 Å². The summed E-state index contributed by atoms with van der Waals surface area (Å²) in [6.45, 7) is 6.44. The number of guanidine groups is 1. The molecular weight excluding hydrogens is 515 g/mol. The van der Waals surface area contributed by atoms with E-state index in [2.05, 4.69) is 20.3 Å². The van der Waals surface area contributed by atoms with Crippen molar-refractivity contribution in [3.8, 4) is 5.75 Å². The maximum Gasteiger partial charge on any atom is 0.215 e. The zero-order valence-corrected chi connectivity index (χ0v) is 20.8. The van der Waals surface area contributed by atoms with Gasteiger partial charge in [0.15, 0.2) is 5.96 Å². The average Bonchev–Trinajstić information content (AvgIpc) is 2.72.